The van der Waals surface area contributed by atoms with Crippen molar-refractivity contribution in [1.82, 2.24) is 10.3 Å². The molecule has 0 radical (unpaired) electrons. The molecule has 0 saturated heterocycles. The lowest BCUT2D eigenvalue weighted by atomic mass is 10.2. The zero-order valence-corrected chi connectivity index (χ0v) is 13.2. The first-order valence-corrected chi connectivity index (χ1v) is 7.75. The Morgan fingerprint density at radius 1 is 1.52 bits per heavy atom. The molecule has 1 aliphatic rings. The van der Waals surface area contributed by atoms with Crippen LogP contribution < -0.4 is 10.6 Å². The normalized spacial score (nSPS) is 21.3. The Kier molecular flexibility index (Phi) is 5.82. The van der Waals surface area contributed by atoms with Gasteiger partial charge in [0.1, 0.15) is 5.82 Å². The van der Waals surface area contributed by atoms with Gasteiger partial charge in [-0.3, -0.25) is 4.79 Å². The summed E-state index contributed by atoms with van der Waals surface area (Å²) in [6.45, 7) is 2.89. The molecule has 1 fully saturated rings. The number of pyridine rings is 1. The fraction of sp³-hybridized carbons (Fsp3) is 0.600. The molecule has 116 valence electrons. The summed E-state index contributed by atoms with van der Waals surface area (Å²) >= 11 is 6.09. The van der Waals surface area contributed by atoms with Gasteiger partial charge in [-0.25, -0.2) is 4.98 Å². The van der Waals surface area contributed by atoms with Crippen LogP contribution in [-0.4, -0.2) is 36.7 Å². The van der Waals surface area contributed by atoms with E-state index < -0.39 is 0 Å². The zero-order valence-electron chi connectivity index (χ0n) is 12.5. The molecular formula is C15H22ClN3O2. The maximum Gasteiger partial charge on any atom is 0.253 e. The van der Waals surface area contributed by atoms with Crippen molar-refractivity contribution in [2.24, 2.45) is 0 Å². The van der Waals surface area contributed by atoms with Crippen molar-refractivity contribution in [2.75, 3.05) is 19.0 Å². The summed E-state index contributed by atoms with van der Waals surface area (Å²) in [4.78, 5) is 16.5. The Balaban J connectivity index is 2.01. The molecule has 0 aromatic carbocycles. The van der Waals surface area contributed by atoms with Crippen molar-refractivity contribution >= 4 is 23.3 Å². The molecule has 1 aromatic rings. The van der Waals surface area contributed by atoms with E-state index in [1.54, 1.807) is 13.2 Å². The molecule has 1 amide bonds. The molecule has 2 rings (SSSR count). The Bertz CT molecular complexity index is 496. The molecule has 6 heteroatoms. The number of nitrogens with zero attached hydrogens (tertiary/aromatic N) is 1. The summed E-state index contributed by atoms with van der Waals surface area (Å²) < 4.78 is 5.32. The molecule has 1 saturated carbocycles. The monoisotopic (exact) mass is 311 g/mol. The van der Waals surface area contributed by atoms with E-state index in [0.717, 1.165) is 32.2 Å². The standard InChI is InChI=1S/C15H22ClN3O2/c1-3-6-17-14-8-12(13(16)9-18-14)15(20)19-10-4-5-11(7-10)21-2/h8-11H,3-7H2,1-2H3,(H,17,18)(H,19,20). The summed E-state index contributed by atoms with van der Waals surface area (Å²) in [7, 11) is 1.71. The van der Waals surface area contributed by atoms with Crippen molar-refractivity contribution in [3.05, 3.63) is 22.8 Å². The molecule has 21 heavy (non-hydrogen) atoms. The van der Waals surface area contributed by atoms with Crippen molar-refractivity contribution in [1.29, 1.82) is 0 Å². The molecule has 0 aliphatic heterocycles. The average Bonchev–Trinajstić information content (AvgIpc) is 2.94. The van der Waals surface area contributed by atoms with Crippen LogP contribution in [0.25, 0.3) is 0 Å². The fourth-order valence-corrected chi connectivity index (χ4v) is 2.70. The van der Waals surface area contributed by atoms with E-state index in [-0.39, 0.29) is 18.1 Å². The topological polar surface area (TPSA) is 63.2 Å². The number of ether oxygens (including phenoxy) is 1. The average molecular weight is 312 g/mol. The van der Waals surface area contributed by atoms with Crippen molar-refractivity contribution < 1.29 is 9.53 Å². The van der Waals surface area contributed by atoms with Crippen molar-refractivity contribution in [2.45, 2.75) is 44.8 Å². The van der Waals surface area contributed by atoms with Gasteiger partial charge in [0, 0.05) is 25.9 Å². The number of aromatic nitrogens is 1. The van der Waals surface area contributed by atoms with E-state index in [9.17, 15) is 4.79 Å². The second-order valence-corrected chi connectivity index (χ2v) is 5.72. The van der Waals surface area contributed by atoms with E-state index in [4.69, 9.17) is 16.3 Å². The van der Waals surface area contributed by atoms with Crippen LogP contribution in [-0.2, 0) is 4.74 Å². The predicted molar refractivity (Wildman–Crippen MR) is 83.9 cm³/mol. The second-order valence-electron chi connectivity index (χ2n) is 5.32. The fourth-order valence-electron chi connectivity index (χ4n) is 2.51. The molecule has 1 aromatic heterocycles. The highest BCUT2D eigenvalue weighted by Crippen LogP contribution is 2.23. The summed E-state index contributed by atoms with van der Waals surface area (Å²) in [6, 6.07) is 1.86. The number of anilines is 1. The highest BCUT2D eigenvalue weighted by Gasteiger charge is 2.26. The number of carbonyl (C=O) groups is 1. The van der Waals surface area contributed by atoms with Crippen LogP contribution in [0.15, 0.2) is 12.3 Å². The molecule has 5 nitrogen and oxygen atoms in total. The smallest absolute Gasteiger partial charge is 0.253 e. The van der Waals surface area contributed by atoms with E-state index in [0.29, 0.717) is 16.4 Å². The first-order chi connectivity index (χ1) is 10.1. The molecular weight excluding hydrogens is 290 g/mol. The van der Waals surface area contributed by atoms with E-state index in [2.05, 4.69) is 22.5 Å². The van der Waals surface area contributed by atoms with Gasteiger partial charge in [0.25, 0.3) is 5.91 Å². The third kappa shape index (κ3) is 4.32. The second kappa shape index (κ2) is 7.61. The lowest BCUT2D eigenvalue weighted by Gasteiger charge is -2.14. The van der Waals surface area contributed by atoms with Gasteiger partial charge in [0.05, 0.1) is 16.7 Å². The highest BCUT2D eigenvalue weighted by molar-refractivity contribution is 6.33. The van der Waals surface area contributed by atoms with Crippen LogP contribution in [0.2, 0.25) is 5.02 Å². The van der Waals surface area contributed by atoms with Crippen LogP contribution >= 0.6 is 11.6 Å². The molecule has 0 spiro atoms. The van der Waals surface area contributed by atoms with Gasteiger partial charge < -0.3 is 15.4 Å². The number of hydrogen-bond acceptors (Lipinski definition) is 4. The largest absolute Gasteiger partial charge is 0.381 e. The number of carbonyl (C=O) groups excluding carboxylic acids is 1. The molecule has 1 aliphatic carbocycles. The Morgan fingerprint density at radius 2 is 2.33 bits per heavy atom. The molecule has 1 heterocycles. The van der Waals surface area contributed by atoms with E-state index in [1.165, 1.54) is 6.20 Å². The van der Waals surface area contributed by atoms with Gasteiger partial charge in [-0.1, -0.05) is 18.5 Å². The third-order valence-corrected chi connectivity index (χ3v) is 4.01. The van der Waals surface area contributed by atoms with Crippen LogP contribution in [0.5, 0.6) is 0 Å². The summed E-state index contributed by atoms with van der Waals surface area (Å²) in [5.41, 5.74) is 0.464. The van der Waals surface area contributed by atoms with Gasteiger partial charge in [-0.05, 0) is 31.7 Å². The van der Waals surface area contributed by atoms with E-state index in [1.807, 2.05) is 0 Å². The number of halogens is 1. The molecule has 2 atom stereocenters. The zero-order chi connectivity index (χ0) is 15.2. The molecule has 2 N–H and O–H groups in total. The van der Waals surface area contributed by atoms with Gasteiger partial charge >= 0.3 is 0 Å². The Labute approximate surface area is 130 Å². The SMILES string of the molecule is CCCNc1cc(C(=O)NC2CCC(OC)C2)c(Cl)cn1. The molecule has 2 unspecified atom stereocenters. The number of hydrogen-bond donors (Lipinski definition) is 2. The third-order valence-electron chi connectivity index (χ3n) is 3.71. The highest BCUT2D eigenvalue weighted by atomic mass is 35.5. The van der Waals surface area contributed by atoms with Crippen LogP contribution in [0.4, 0.5) is 5.82 Å². The summed E-state index contributed by atoms with van der Waals surface area (Å²) in [6.07, 6.45) is 5.52. The van der Waals surface area contributed by atoms with Crippen LogP contribution in [0.1, 0.15) is 43.0 Å². The summed E-state index contributed by atoms with van der Waals surface area (Å²) in [5, 5.41) is 6.55. The quantitative estimate of drug-likeness (QED) is 0.848. The Hall–Kier alpha value is -1.33. The molecule has 0 bridgehead atoms. The summed E-state index contributed by atoms with van der Waals surface area (Å²) in [5.74, 6) is 0.524. The van der Waals surface area contributed by atoms with Crippen molar-refractivity contribution in [3.8, 4) is 0 Å². The predicted octanol–water partition coefficient (Wildman–Crippen LogP) is 2.85. The number of rotatable bonds is 6. The maximum atomic E-state index is 12.4. The minimum atomic E-state index is -0.149. The van der Waals surface area contributed by atoms with Crippen LogP contribution in [0.3, 0.4) is 0 Å². The maximum absolute atomic E-state index is 12.4. The van der Waals surface area contributed by atoms with Gasteiger partial charge in [0.15, 0.2) is 0 Å². The van der Waals surface area contributed by atoms with Gasteiger partial charge in [-0.2, -0.15) is 0 Å². The number of amides is 1. The minimum Gasteiger partial charge on any atom is -0.381 e. The first-order valence-electron chi connectivity index (χ1n) is 7.37. The van der Waals surface area contributed by atoms with Gasteiger partial charge in [0.2, 0.25) is 0 Å². The first kappa shape index (κ1) is 16.0. The van der Waals surface area contributed by atoms with Crippen molar-refractivity contribution in [3.63, 3.8) is 0 Å². The number of methoxy groups -OCH3 is 1. The lowest BCUT2D eigenvalue weighted by molar-refractivity contribution is 0.0915. The Morgan fingerprint density at radius 3 is 3.00 bits per heavy atom. The van der Waals surface area contributed by atoms with E-state index >= 15 is 0 Å². The van der Waals surface area contributed by atoms with Gasteiger partial charge in [-0.15, -0.1) is 0 Å². The minimum absolute atomic E-state index is 0.149. The lowest BCUT2D eigenvalue weighted by Crippen LogP contribution is -2.33. The van der Waals surface area contributed by atoms with Crippen LogP contribution in [0, 0.1) is 0 Å². The number of nitrogens with one attached hydrogen (secondary N) is 2.